The highest BCUT2D eigenvalue weighted by atomic mass is 16.2. The molecule has 2 amide bonds. The van der Waals surface area contributed by atoms with Gasteiger partial charge in [0, 0.05) is 44.1 Å². The number of amides is 2. The van der Waals surface area contributed by atoms with Crippen molar-refractivity contribution in [2.75, 3.05) is 39.8 Å². The first-order valence-electron chi connectivity index (χ1n) is 9.06. The van der Waals surface area contributed by atoms with Gasteiger partial charge in [-0.05, 0) is 32.9 Å². The molecule has 0 bridgehead atoms. The fourth-order valence-corrected chi connectivity index (χ4v) is 3.59. The Labute approximate surface area is 141 Å². The normalized spacial score (nSPS) is 23.9. The molecule has 2 heterocycles. The minimum atomic E-state index is -0.336. The SMILES string of the molecule is CN1CCCC[C@H]1CCC(=O)N1CCN(C(=O)C(C)(C)C)CC1. The average molecular weight is 323 g/mol. The molecule has 0 spiro atoms. The molecule has 0 aromatic heterocycles. The molecule has 0 aromatic carbocycles. The molecule has 0 aliphatic carbocycles. The Balaban J connectivity index is 1.74. The van der Waals surface area contributed by atoms with Gasteiger partial charge in [0.1, 0.15) is 0 Å². The number of rotatable bonds is 3. The van der Waals surface area contributed by atoms with Gasteiger partial charge in [-0.15, -0.1) is 0 Å². The van der Waals surface area contributed by atoms with Crippen LogP contribution in [0.2, 0.25) is 0 Å². The van der Waals surface area contributed by atoms with Crippen LogP contribution in [0.5, 0.6) is 0 Å². The fraction of sp³-hybridized carbons (Fsp3) is 0.889. The Bertz CT molecular complexity index is 422. The van der Waals surface area contributed by atoms with Gasteiger partial charge in [-0.2, -0.15) is 0 Å². The molecule has 2 saturated heterocycles. The Kier molecular flexibility index (Phi) is 6.06. The lowest BCUT2D eigenvalue weighted by Crippen LogP contribution is -2.53. The van der Waals surface area contributed by atoms with Crippen LogP contribution in [0.1, 0.15) is 52.9 Å². The molecular weight excluding hydrogens is 290 g/mol. The van der Waals surface area contributed by atoms with Crippen molar-refractivity contribution in [3.63, 3.8) is 0 Å². The maximum Gasteiger partial charge on any atom is 0.228 e. The number of piperazine rings is 1. The highest BCUT2D eigenvalue weighted by Crippen LogP contribution is 2.21. The van der Waals surface area contributed by atoms with Crippen LogP contribution in [0.3, 0.4) is 0 Å². The molecule has 0 aromatic rings. The quantitative estimate of drug-likeness (QED) is 0.797. The molecule has 0 N–H and O–H groups in total. The molecule has 1 atom stereocenters. The highest BCUT2D eigenvalue weighted by Gasteiger charge is 2.31. The van der Waals surface area contributed by atoms with E-state index in [1.165, 1.54) is 19.3 Å². The summed E-state index contributed by atoms with van der Waals surface area (Å²) in [7, 11) is 2.17. The largest absolute Gasteiger partial charge is 0.339 e. The zero-order chi connectivity index (χ0) is 17.0. The van der Waals surface area contributed by atoms with E-state index in [0.29, 0.717) is 38.6 Å². The first-order chi connectivity index (χ1) is 10.8. The summed E-state index contributed by atoms with van der Waals surface area (Å²) in [5.41, 5.74) is -0.336. The number of hydrogen-bond donors (Lipinski definition) is 0. The predicted octanol–water partition coefficient (Wildman–Crippen LogP) is 1.97. The van der Waals surface area contributed by atoms with Crippen molar-refractivity contribution in [1.29, 1.82) is 0 Å². The van der Waals surface area contributed by atoms with Gasteiger partial charge in [0.2, 0.25) is 11.8 Å². The van der Waals surface area contributed by atoms with E-state index >= 15 is 0 Å². The molecule has 0 unspecified atom stereocenters. The van der Waals surface area contributed by atoms with E-state index in [0.717, 1.165) is 13.0 Å². The van der Waals surface area contributed by atoms with Crippen molar-refractivity contribution in [3.8, 4) is 0 Å². The molecule has 2 fully saturated rings. The predicted molar refractivity (Wildman–Crippen MR) is 92.1 cm³/mol. The number of carbonyl (C=O) groups is 2. The van der Waals surface area contributed by atoms with Crippen LogP contribution in [-0.2, 0) is 9.59 Å². The number of likely N-dealkylation sites (tertiary alicyclic amines) is 1. The topological polar surface area (TPSA) is 43.9 Å². The summed E-state index contributed by atoms with van der Waals surface area (Å²) in [4.78, 5) is 30.9. The zero-order valence-corrected chi connectivity index (χ0v) is 15.3. The minimum absolute atomic E-state index is 0.188. The lowest BCUT2D eigenvalue weighted by Gasteiger charge is -2.38. The van der Waals surface area contributed by atoms with Gasteiger partial charge in [0.25, 0.3) is 0 Å². The fourth-order valence-electron chi connectivity index (χ4n) is 3.59. The third-order valence-corrected chi connectivity index (χ3v) is 5.17. The second-order valence-corrected chi connectivity index (χ2v) is 8.09. The van der Waals surface area contributed by atoms with Gasteiger partial charge in [-0.3, -0.25) is 9.59 Å². The van der Waals surface area contributed by atoms with Gasteiger partial charge >= 0.3 is 0 Å². The average Bonchev–Trinajstić information content (AvgIpc) is 2.52. The summed E-state index contributed by atoms with van der Waals surface area (Å²) >= 11 is 0. The van der Waals surface area contributed by atoms with Crippen LogP contribution in [0.25, 0.3) is 0 Å². The monoisotopic (exact) mass is 323 g/mol. The number of piperidine rings is 1. The van der Waals surface area contributed by atoms with Crippen molar-refractivity contribution in [1.82, 2.24) is 14.7 Å². The second-order valence-electron chi connectivity index (χ2n) is 8.09. The number of nitrogens with zero attached hydrogens (tertiary/aromatic N) is 3. The Morgan fingerprint density at radius 1 is 0.957 bits per heavy atom. The third-order valence-electron chi connectivity index (χ3n) is 5.17. The van der Waals surface area contributed by atoms with Crippen LogP contribution < -0.4 is 0 Å². The Morgan fingerprint density at radius 2 is 1.57 bits per heavy atom. The summed E-state index contributed by atoms with van der Waals surface area (Å²) in [6.45, 7) is 9.72. The molecule has 23 heavy (non-hydrogen) atoms. The summed E-state index contributed by atoms with van der Waals surface area (Å²) in [6, 6.07) is 0.566. The van der Waals surface area contributed by atoms with E-state index in [-0.39, 0.29) is 17.2 Å². The molecule has 2 aliphatic heterocycles. The van der Waals surface area contributed by atoms with Crippen molar-refractivity contribution in [2.24, 2.45) is 5.41 Å². The summed E-state index contributed by atoms with van der Waals surface area (Å²) in [5, 5.41) is 0. The second kappa shape index (κ2) is 7.65. The molecule has 2 rings (SSSR count). The molecule has 0 radical (unpaired) electrons. The van der Waals surface area contributed by atoms with E-state index in [1.807, 2.05) is 30.6 Å². The van der Waals surface area contributed by atoms with Crippen LogP contribution in [0.15, 0.2) is 0 Å². The van der Waals surface area contributed by atoms with E-state index in [9.17, 15) is 9.59 Å². The minimum Gasteiger partial charge on any atom is -0.339 e. The zero-order valence-electron chi connectivity index (χ0n) is 15.3. The molecule has 5 nitrogen and oxygen atoms in total. The smallest absolute Gasteiger partial charge is 0.228 e. The van der Waals surface area contributed by atoms with Crippen LogP contribution >= 0.6 is 0 Å². The summed E-state index contributed by atoms with van der Waals surface area (Å²) < 4.78 is 0. The maximum atomic E-state index is 12.4. The van der Waals surface area contributed by atoms with Gasteiger partial charge in [0.15, 0.2) is 0 Å². The molecule has 5 heteroatoms. The van der Waals surface area contributed by atoms with Crippen LogP contribution in [0, 0.1) is 5.41 Å². The third kappa shape index (κ3) is 4.93. The number of hydrogen-bond acceptors (Lipinski definition) is 3. The molecule has 0 saturated carbocycles. The summed E-state index contributed by atoms with van der Waals surface area (Å²) in [5.74, 6) is 0.445. The van der Waals surface area contributed by atoms with Crippen LogP contribution in [-0.4, -0.2) is 72.3 Å². The van der Waals surface area contributed by atoms with Crippen molar-refractivity contribution in [3.05, 3.63) is 0 Å². The molecular formula is C18H33N3O2. The Hall–Kier alpha value is -1.10. The lowest BCUT2D eigenvalue weighted by atomic mass is 9.94. The van der Waals surface area contributed by atoms with Gasteiger partial charge in [0.05, 0.1) is 0 Å². The first-order valence-corrected chi connectivity index (χ1v) is 9.06. The van der Waals surface area contributed by atoms with E-state index < -0.39 is 0 Å². The van der Waals surface area contributed by atoms with Crippen molar-refractivity contribution < 1.29 is 9.59 Å². The van der Waals surface area contributed by atoms with E-state index in [2.05, 4.69) is 11.9 Å². The van der Waals surface area contributed by atoms with E-state index in [1.54, 1.807) is 0 Å². The molecule has 132 valence electrons. The van der Waals surface area contributed by atoms with Gasteiger partial charge < -0.3 is 14.7 Å². The van der Waals surface area contributed by atoms with Crippen molar-refractivity contribution >= 4 is 11.8 Å². The standard InChI is InChI=1S/C18H33N3O2/c1-18(2,3)17(23)21-13-11-20(12-14-21)16(22)9-8-15-7-5-6-10-19(15)4/h15H,5-14H2,1-4H3/t15-/m0/s1. The first kappa shape index (κ1) is 18.2. The van der Waals surface area contributed by atoms with Gasteiger partial charge in [-0.25, -0.2) is 0 Å². The summed E-state index contributed by atoms with van der Waals surface area (Å²) in [6.07, 6.45) is 5.40. The maximum absolute atomic E-state index is 12.4. The number of carbonyl (C=O) groups excluding carboxylic acids is 2. The molecule has 2 aliphatic rings. The Morgan fingerprint density at radius 3 is 2.13 bits per heavy atom. The van der Waals surface area contributed by atoms with Gasteiger partial charge in [-0.1, -0.05) is 27.2 Å². The van der Waals surface area contributed by atoms with Crippen molar-refractivity contribution in [2.45, 2.75) is 58.9 Å². The lowest BCUT2D eigenvalue weighted by molar-refractivity contribution is -0.145. The van der Waals surface area contributed by atoms with E-state index in [4.69, 9.17) is 0 Å². The van der Waals surface area contributed by atoms with Crippen LogP contribution in [0.4, 0.5) is 0 Å². The highest BCUT2D eigenvalue weighted by molar-refractivity contribution is 5.82.